The van der Waals surface area contributed by atoms with Gasteiger partial charge < -0.3 is 9.47 Å². The Balaban J connectivity index is 1.75. The van der Waals surface area contributed by atoms with E-state index in [2.05, 4.69) is 0 Å². The molecule has 100 valence electrons. The van der Waals surface area contributed by atoms with Gasteiger partial charge in [-0.3, -0.25) is 14.5 Å². The minimum atomic E-state index is -0.326. The third-order valence-electron chi connectivity index (χ3n) is 3.18. The predicted octanol–water partition coefficient (Wildman–Crippen LogP) is 2.04. The average Bonchev–Trinajstić information content (AvgIpc) is 2.95. The zero-order chi connectivity index (χ0) is 13.4. The highest BCUT2D eigenvalue weighted by atomic mass is 32.2. The van der Waals surface area contributed by atoms with E-state index in [1.165, 1.54) is 4.90 Å². The van der Waals surface area contributed by atoms with Gasteiger partial charge in [0, 0.05) is 6.54 Å². The number of carbonyl (C=O) groups excluding carboxylic acids is 2. The highest BCUT2D eigenvalue weighted by Crippen LogP contribution is 2.35. The van der Waals surface area contributed by atoms with E-state index in [1.807, 2.05) is 18.2 Å². The number of imide groups is 1. The first-order chi connectivity index (χ1) is 9.19. The summed E-state index contributed by atoms with van der Waals surface area (Å²) in [5.74, 6) is 1.32. The molecule has 0 unspecified atom stereocenters. The van der Waals surface area contributed by atoms with Crippen LogP contribution in [-0.4, -0.2) is 34.6 Å². The molecule has 5 nitrogen and oxygen atoms in total. The van der Waals surface area contributed by atoms with E-state index in [4.69, 9.17) is 9.47 Å². The van der Waals surface area contributed by atoms with E-state index < -0.39 is 0 Å². The van der Waals surface area contributed by atoms with E-state index >= 15 is 0 Å². The molecule has 1 fully saturated rings. The van der Waals surface area contributed by atoms with Crippen molar-refractivity contribution in [1.29, 1.82) is 0 Å². The largest absolute Gasteiger partial charge is 0.454 e. The highest BCUT2D eigenvalue weighted by Gasteiger charge is 2.38. The standard InChI is InChI=1S/C13H13NO4S/c1-2-14-12(15)11(19-13(14)16)6-8-3-4-9-10(5-8)18-7-17-9/h3-5,11H,2,6-7H2,1H3/t11-/m0/s1. The van der Waals surface area contributed by atoms with Gasteiger partial charge in [-0.2, -0.15) is 0 Å². The molecule has 0 spiro atoms. The van der Waals surface area contributed by atoms with E-state index in [-0.39, 0.29) is 23.2 Å². The van der Waals surface area contributed by atoms with Gasteiger partial charge in [-0.25, -0.2) is 0 Å². The van der Waals surface area contributed by atoms with Crippen molar-refractivity contribution in [2.75, 3.05) is 13.3 Å². The SMILES string of the molecule is CCN1C(=O)S[C@@H](Cc2ccc3c(c2)OCO3)C1=O. The van der Waals surface area contributed by atoms with Crippen molar-refractivity contribution in [3.63, 3.8) is 0 Å². The fourth-order valence-corrected chi connectivity index (χ4v) is 3.29. The van der Waals surface area contributed by atoms with Crippen LogP contribution in [0.2, 0.25) is 0 Å². The minimum Gasteiger partial charge on any atom is -0.454 e. The number of hydrogen-bond acceptors (Lipinski definition) is 5. The molecule has 19 heavy (non-hydrogen) atoms. The molecule has 2 heterocycles. The maximum absolute atomic E-state index is 12.0. The molecule has 1 saturated heterocycles. The molecular formula is C13H13NO4S. The molecule has 0 aliphatic carbocycles. The number of fused-ring (bicyclic) bond motifs is 1. The van der Waals surface area contributed by atoms with Gasteiger partial charge in [0.1, 0.15) is 0 Å². The molecule has 3 rings (SSSR count). The second-order valence-electron chi connectivity index (χ2n) is 4.35. The van der Waals surface area contributed by atoms with Crippen molar-refractivity contribution in [3.05, 3.63) is 23.8 Å². The third kappa shape index (κ3) is 2.16. The van der Waals surface area contributed by atoms with Crippen LogP contribution in [0.1, 0.15) is 12.5 Å². The van der Waals surface area contributed by atoms with Gasteiger partial charge in [0.25, 0.3) is 5.24 Å². The lowest BCUT2D eigenvalue weighted by Gasteiger charge is -2.10. The monoisotopic (exact) mass is 279 g/mol. The molecule has 0 radical (unpaired) electrons. The fourth-order valence-electron chi connectivity index (χ4n) is 2.20. The number of thioether (sulfide) groups is 1. The van der Waals surface area contributed by atoms with Crippen LogP contribution in [0.4, 0.5) is 4.79 Å². The van der Waals surface area contributed by atoms with Crippen LogP contribution in [-0.2, 0) is 11.2 Å². The van der Waals surface area contributed by atoms with E-state index in [0.717, 1.165) is 23.1 Å². The van der Waals surface area contributed by atoms with Crippen molar-refractivity contribution in [3.8, 4) is 11.5 Å². The maximum Gasteiger partial charge on any atom is 0.289 e. The normalized spacial score (nSPS) is 21.3. The topological polar surface area (TPSA) is 55.8 Å². The zero-order valence-electron chi connectivity index (χ0n) is 10.4. The molecule has 0 saturated carbocycles. The van der Waals surface area contributed by atoms with Crippen LogP contribution in [0, 0.1) is 0 Å². The van der Waals surface area contributed by atoms with Crippen LogP contribution in [0.25, 0.3) is 0 Å². The number of nitrogens with zero attached hydrogens (tertiary/aromatic N) is 1. The smallest absolute Gasteiger partial charge is 0.289 e. The Kier molecular flexibility index (Phi) is 3.10. The first-order valence-corrected chi connectivity index (χ1v) is 6.97. The van der Waals surface area contributed by atoms with Crippen molar-refractivity contribution in [2.24, 2.45) is 0 Å². The first kappa shape index (κ1) is 12.3. The molecule has 1 aromatic rings. The summed E-state index contributed by atoms with van der Waals surface area (Å²) in [5.41, 5.74) is 0.973. The van der Waals surface area contributed by atoms with Gasteiger partial charge in [-0.15, -0.1) is 0 Å². The van der Waals surface area contributed by atoms with Crippen LogP contribution < -0.4 is 9.47 Å². The average molecular weight is 279 g/mol. The molecule has 0 aromatic heterocycles. The lowest BCUT2D eigenvalue weighted by atomic mass is 10.1. The van der Waals surface area contributed by atoms with Gasteiger partial charge in [-0.05, 0) is 31.0 Å². The molecule has 0 N–H and O–H groups in total. The highest BCUT2D eigenvalue weighted by molar-refractivity contribution is 8.15. The van der Waals surface area contributed by atoms with E-state index in [0.29, 0.717) is 18.7 Å². The van der Waals surface area contributed by atoms with Gasteiger partial charge in [0.2, 0.25) is 12.7 Å². The fraction of sp³-hybridized carbons (Fsp3) is 0.385. The Morgan fingerprint density at radius 1 is 1.32 bits per heavy atom. The Hall–Kier alpha value is -1.69. The van der Waals surface area contributed by atoms with Crippen LogP contribution in [0.15, 0.2) is 18.2 Å². The summed E-state index contributed by atoms with van der Waals surface area (Å²) in [7, 11) is 0. The van der Waals surface area contributed by atoms with Gasteiger partial charge >= 0.3 is 0 Å². The summed E-state index contributed by atoms with van der Waals surface area (Å²) in [6.07, 6.45) is 0.530. The number of hydrogen-bond donors (Lipinski definition) is 0. The summed E-state index contributed by atoms with van der Waals surface area (Å²) < 4.78 is 10.5. The predicted molar refractivity (Wildman–Crippen MR) is 70.4 cm³/mol. The molecule has 2 amide bonds. The maximum atomic E-state index is 12.0. The molecule has 1 aromatic carbocycles. The second kappa shape index (κ2) is 4.77. The zero-order valence-corrected chi connectivity index (χ0v) is 11.2. The Bertz CT molecular complexity index is 545. The molecule has 2 aliphatic rings. The Labute approximate surface area is 114 Å². The van der Waals surface area contributed by atoms with Crippen LogP contribution in [0.3, 0.4) is 0 Å². The lowest BCUT2D eigenvalue weighted by Crippen LogP contribution is -2.31. The van der Waals surface area contributed by atoms with Crippen molar-refractivity contribution in [2.45, 2.75) is 18.6 Å². The second-order valence-corrected chi connectivity index (χ2v) is 5.50. The lowest BCUT2D eigenvalue weighted by molar-refractivity contribution is -0.126. The van der Waals surface area contributed by atoms with Crippen LogP contribution in [0.5, 0.6) is 11.5 Å². The quantitative estimate of drug-likeness (QED) is 0.847. The molecule has 1 atom stereocenters. The Morgan fingerprint density at radius 2 is 2.11 bits per heavy atom. The van der Waals surface area contributed by atoms with Gasteiger partial charge in [0.05, 0.1) is 5.25 Å². The van der Waals surface area contributed by atoms with Gasteiger partial charge in [-0.1, -0.05) is 17.8 Å². The number of carbonyl (C=O) groups is 2. The molecule has 0 bridgehead atoms. The number of rotatable bonds is 3. The number of ether oxygens (including phenoxy) is 2. The summed E-state index contributed by atoms with van der Waals surface area (Å²) in [5, 5.41) is -0.480. The van der Waals surface area contributed by atoms with Crippen molar-refractivity contribution >= 4 is 22.9 Å². The van der Waals surface area contributed by atoms with Crippen molar-refractivity contribution < 1.29 is 19.1 Å². The molecule has 2 aliphatic heterocycles. The summed E-state index contributed by atoms with van der Waals surface area (Å²) in [6, 6.07) is 5.61. The summed E-state index contributed by atoms with van der Waals surface area (Å²) in [4.78, 5) is 24.9. The first-order valence-electron chi connectivity index (χ1n) is 6.09. The van der Waals surface area contributed by atoms with E-state index in [9.17, 15) is 9.59 Å². The van der Waals surface area contributed by atoms with Crippen LogP contribution >= 0.6 is 11.8 Å². The molecule has 6 heteroatoms. The minimum absolute atomic E-state index is 0.102. The Morgan fingerprint density at radius 3 is 2.84 bits per heavy atom. The summed E-state index contributed by atoms with van der Waals surface area (Å²) >= 11 is 1.10. The number of amides is 2. The molecular weight excluding hydrogens is 266 g/mol. The summed E-state index contributed by atoms with van der Waals surface area (Å²) in [6.45, 7) is 2.47. The third-order valence-corrected chi connectivity index (χ3v) is 4.25. The van der Waals surface area contributed by atoms with Crippen molar-refractivity contribution in [1.82, 2.24) is 4.90 Å². The number of benzene rings is 1. The van der Waals surface area contributed by atoms with Gasteiger partial charge in [0.15, 0.2) is 11.5 Å². The van der Waals surface area contributed by atoms with E-state index in [1.54, 1.807) is 6.92 Å².